The Hall–Kier alpha value is -2.37. The Balaban J connectivity index is 1.44. The molecule has 0 aromatic heterocycles. The van der Waals surface area contributed by atoms with Crippen molar-refractivity contribution >= 4 is 17.6 Å². The zero-order chi connectivity index (χ0) is 20.9. The number of amides is 2. The summed E-state index contributed by atoms with van der Waals surface area (Å²) in [5, 5.41) is 0. The quantitative estimate of drug-likeness (QED) is 0.768. The van der Waals surface area contributed by atoms with Gasteiger partial charge in [0, 0.05) is 44.9 Å². The first-order valence-electron chi connectivity index (χ1n) is 10.6. The highest BCUT2D eigenvalue weighted by atomic mass is 16.5. The summed E-state index contributed by atoms with van der Waals surface area (Å²) in [5.41, 5.74) is 2.29. The van der Waals surface area contributed by atoms with Gasteiger partial charge in [-0.05, 0) is 44.9 Å². The summed E-state index contributed by atoms with van der Waals surface area (Å²) in [6, 6.07) is 3.96. The Morgan fingerprint density at radius 2 is 1.86 bits per heavy atom. The van der Waals surface area contributed by atoms with Crippen molar-refractivity contribution < 1.29 is 19.1 Å². The number of Topliss-reactive ketones (excluding diaryl/α,β-unsaturated/α-hetero) is 1. The van der Waals surface area contributed by atoms with Crippen LogP contribution in [-0.2, 0) is 9.59 Å². The van der Waals surface area contributed by atoms with E-state index in [4.69, 9.17) is 4.74 Å². The maximum absolute atomic E-state index is 13.0. The Bertz CT molecular complexity index is 868. The van der Waals surface area contributed by atoms with Crippen molar-refractivity contribution in [3.05, 3.63) is 28.8 Å². The minimum Gasteiger partial charge on any atom is -0.486 e. The zero-order valence-corrected chi connectivity index (χ0v) is 17.8. The van der Waals surface area contributed by atoms with Gasteiger partial charge < -0.3 is 14.5 Å². The third kappa shape index (κ3) is 3.43. The molecule has 6 heteroatoms. The first-order chi connectivity index (χ1) is 13.7. The predicted molar refractivity (Wildman–Crippen MR) is 109 cm³/mol. The lowest BCUT2D eigenvalue weighted by atomic mass is 9.81. The molecule has 29 heavy (non-hydrogen) atoms. The SMILES string of the molecule is Cc1ccc2c(c1C)OC1(CCN(C(=O)C3CC(=O)N(C(C)C)C3)CC1)CC2=O. The lowest BCUT2D eigenvalue weighted by Gasteiger charge is -2.44. The highest BCUT2D eigenvalue weighted by molar-refractivity contribution is 6.01. The first kappa shape index (κ1) is 19.9. The van der Waals surface area contributed by atoms with E-state index in [-0.39, 0.29) is 29.6 Å². The van der Waals surface area contributed by atoms with E-state index in [1.54, 1.807) is 4.90 Å². The Morgan fingerprint density at radius 3 is 2.48 bits per heavy atom. The number of piperidine rings is 1. The minimum atomic E-state index is -0.519. The molecule has 156 valence electrons. The van der Waals surface area contributed by atoms with Crippen LogP contribution in [0.25, 0.3) is 0 Å². The summed E-state index contributed by atoms with van der Waals surface area (Å²) in [5.74, 6) is 0.720. The van der Waals surface area contributed by atoms with Crippen LogP contribution in [0.3, 0.4) is 0 Å². The van der Waals surface area contributed by atoms with E-state index < -0.39 is 5.60 Å². The molecule has 6 nitrogen and oxygen atoms in total. The van der Waals surface area contributed by atoms with Gasteiger partial charge in [0.2, 0.25) is 11.8 Å². The number of likely N-dealkylation sites (tertiary alicyclic amines) is 2. The zero-order valence-electron chi connectivity index (χ0n) is 17.8. The number of carbonyl (C=O) groups is 3. The second-order valence-electron chi connectivity index (χ2n) is 9.14. The number of ketones is 1. The normalized spacial score (nSPS) is 23.6. The van der Waals surface area contributed by atoms with E-state index in [2.05, 4.69) is 0 Å². The average Bonchev–Trinajstić information content (AvgIpc) is 3.07. The van der Waals surface area contributed by atoms with Crippen LogP contribution in [0.5, 0.6) is 5.75 Å². The monoisotopic (exact) mass is 398 g/mol. The van der Waals surface area contributed by atoms with E-state index in [0.717, 1.165) is 16.9 Å². The topological polar surface area (TPSA) is 66.9 Å². The summed E-state index contributed by atoms with van der Waals surface area (Å²) in [7, 11) is 0. The summed E-state index contributed by atoms with van der Waals surface area (Å²) in [4.78, 5) is 41.6. The number of hydrogen-bond donors (Lipinski definition) is 0. The van der Waals surface area contributed by atoms with Gasteiger partial charge in [0.25, 0.3) is 0 Å². The Morgan fingerprint density at radius 1 is 1.17 bits per heavy atom. The van der Waals surface area contributed by atoms with Gasteiger partial charge in [0.05, 0.1) is 17.9 Å². The molecule has 0 aliphatic carbocycles. The van der Waals surface area contributed by atoms with Crippen LogP contribution in [0.15, 0.2) is 12.1 Å². The number of fused-ring (bicyclic) bond motifs is 1. The molecule has 2 fully saturated rings. The lowest BCUT2D eigenvalue weighted by Crippen LogP contribution is -2.53. The number of carbonyl (C=O) groups excluding carboxylic acids is 3. The third-order valence-corrected chi connectivity index (χ3v) is 6.90. The van der Waals surface area contributed by atoms with Gasteiger partial charge in [0.1, 0.15) is 11.4 Å². The molecule has 1 spiro atoms. The van der Waals surface area contributed by atoms with Crippen molar-refractivity contribution in [2.75, 3.05) is 19.6 Å². The fraction of sp³-hybridized carbons (Fsp3) is 0.609. The molecule has 1 aromatic carbocycles. The summed E-state index contributed by atoms with van der Waals surface area (Å²) in [6.45, 7) is 9.63. The molecule has 0 saturated carbocycles. The van der Waals surface area contributed by atoms with Crippen LogP contribution in [0.4, 0.5) is 0 Å². The van der Waals surface area contributed by atoms with Crippen LogP contribution < -0.4 is 4.74 Å². The predicted octanol–water partition coefficient (Wildman–Crippen LogP) is 2.89. The molecule has 0 bridgehead atoms. The van der Waals surface area contributed by atoms with E-state index in [0.29, 0.717) is 50.9 Å². The maximum Gasteiger partial charge on any atom is 0.227 e. The number of nitrogens with zero attached hydrogens (tertiary/aromatic N) is 2. The molecule has 2 amide bonds. The van der Waals surface area contributed by atoms with E-state index in [9.17, 15) is 14.4 Å². The molecule has 1 atom stereocenters. The number of rotatable bonds is 2. The molecule has 1 unspecified atom stereocenters. The molecular formula is C23H30N2O4. The van der Waals surface area contributed by atoms with Crippen LogP contribution >= 0.6 is 0 Å². The Kier molecular flexibility index (Phi) is 4.91. The second kappa shape index (κ2) is 7.15. The van der Waals surface area contributed by atoms with E-state index in [1.165, 1.54) is 0 Å². The van der Waals surface area contributed by atoms with Gasteiger partial charge in [-0.15, -0.1) is 0 Å². The number of benzene rings is 1. The molecule has 0 N–H and O–H groups in total. The molecule has 3 aliphatic heterocycles. The summed E-state index contributed by atoms with van der Waals surface area (Å²) in [6.07, 6.45) is 1.96. The molecule has 1 aromatic rings. The molecule has 3 heterocycles. The van der Waals surface area contributed by atoms with Gasteiger partial charge in [-0.3, -0.25) is 14.4 Å². The van der Waals surface area contributed by atoms with Crippen molar-refractivity contribution in [1.29, 1.82) is 0 Å². The van der Waals surface area contributed by atoms with Crippen molar-refractivity contribution in [3.8, 4) is 5.75 Å². The fourth-order valence-electron chi connectivity index (χ4n) is 4.85. The number of ether oxygens (including phenoxy) is 1. The van der Waals surface area contributed by atoms with Crippen molar-refractivity contribution in [1.82, 2.24) is 9.80 Å². The van der Waals surface area contributed by atoms with Gasteiger partial charge in [0.15, 0.2) is 5.78 Å². The fourth-order valence-corrected chi connectivity index (χ4v) is 4.85. The van der Waals surface area contributed by atoms with Crippen LogP contribution in [0, 0.1) is 19.8 Å². The van der Waals surface area contributed by atoms with E-state index >= 15 is 0 Å². The molecular weight excluding hydrogens is 368 g/mol. The molecule has 2 saturated heterocycles. The van der Waals surface area contributed by atoms with Crippen LogP contribution in [0.1, 0.15) is 61.0 Å². The van der Waals surface area contributed by atoms with Crippen LogP contribution in [-0.4, -0.2) is 58.7 Å². The highest BCUT2D eigenvalue weighted by Gasteiger charge is 2.46. The largest absolute Gasteiger partial charge is 0.486 e. The molecule has 0 radical (unpaired) electrons. The first-order valence-corrected chi connectivity index (χ1v) is 10.6. The smallest absolute Gasteiger partial charge is 0.227 e. The number of hydrogen-bond acceptors (Lipinski definition) is 4. The van der Waals surface area contributed by atoms with E-state index in [1.807, 2.05) is 44.7 Å². The van der Waals surface area contributed by atoms with Gasteiger partial charge >= 0.3 is 0 Å². The molecule has 4 rings (SSSR count). The summed E-state index contributed by atoms with van der Waals surface area (Å²) < 4.78 is 6.44. The lowest BCUT2D eigenvalue weighted by molar-refractivity contribution is -0.139. The minimum absolute atomic E-state index is 0.0610. The average molecular weight is 399 g/mol. The highest BCUT2D eigenvalue weighted by Crippen LogP contribution is 2.42. The third-order valence-electron chi connectivity index (χ3n) is 6.90. The number of aryl methyl sites for hydroxylation is 1. The molecule has 3 aliphatic rings. The van der Waals surface area contributed by atoms with Crippen molar-refractivity contribution in [2.24, 2.45) is 5.92 Å². The Labute approximate surface area is 172 Å². The maximum atomic E-state index is 13.0. The van der Waals surface area contributed by atoms with Crippen LogP contribution in [0.2, 0.25) is 0 Å². The standard InChI is InChI=1S/C23H30N2O4/c1-14(2)25-13-17(11-20(25)27)22(28)24-9-7-23(8-10-24)12-19(26)18-6-5-15(3)16(4)21(18)29-23/h5-6,14,17H,7-13H2,1-4H3. The second-order valence-corrected chi connectivity index (χ2v) is 9.14. The van der Waals surface area contributed by atoms with Gasteiger partial charge in [-0.25, -0.2) is 0 Å². The van der Waals surface area contributed by atoms with Gasteiger partial charge in [-0.2, -0.15) is 0 Å². The van der Waals surface area contributed by atoms with Crippen molar-refractivity contribution in [2.45, 2.75) is 65.0 Å². The summed E-state index contributed by atoms with van der Waals surface area (Å²) >= 11 is 0. The van der Waals surface area contributed by atoms with Gasteiger partial charge in [-0.1, -0.05) is 6.07 Å². The van der Waals surface area contributed by atoms with Crippen molar-refractivity contribution in [3.63, 3.8) is 0 Å².